The van der Waals surface area contributed by atoms with Gasteiger partial charge in [-0.1, -0.05) is 12.1 Å². The molecule has 4 aromatic rings. The van der Waals surface area contributed by atoms with Gasteiger partial charge in [0.15, 0.2) is 11.4 Å². The molecule has 4 heterocycles. The molecule has 1 aliphatic heterocycles. The number of amides is 1. The summed E-state index contributed by atoms with van der Waals surface area (Å²) in [5, 5.41) is 5.22. The van der Waals surface area contributed by atoms with Crippen molar-refractivity contribution in [3.05, 3.63) is 71.9 Å². The van der Waals surface area contributed by atoms with E-state index in [1.54, 1.807) is 41.6 Å². The fourth-order valence-electron chi connectivity index (χ4n) is 4.76. The number of hydrazine groups is 1. The maximum Gasteiger partial charge on any atom is 0.254 e. The van der Waals surface area contributed by atoms with E-state index in [0.29, 0.717) is 29.2 Å². The SMILES string of the molecule is CC(C)n1ncc2c(C(=O)N(C)CCCC3CC(c4cccc(F)c4)NN3)cc(-c3ccco3)nc21. The van der Waals surface area contributed by atoms with Crippen molar-refractivity contribution in [2.75, 3.05) is 13.6 Å². The number of nitrogens with zero attached hydrogens (tertiary/aromatic N) is 4. The molecule has 8 nitrogen and oxygen atoms in total. The Labute approximate surface area is 209 Å². The Kier molecular flexibility index (Phi) is 6.84. The Balaban J connectivity index is 1.26. The number of hydrogen-bond acceptors (Lipinski definition) is 6. The number of halogens is 1. The lowest BCUT2D eigenvalue weighted by molar-refractivity contribution is 0.0793. The van der Waals surface area contributed by atoms with E-state index in [-0.39, 0.29) is 29.8 Å². The number of carbonyl (C=O) groups excluding carboxylic acids is 1. The largest absolute Gasteiger partial charge is 0.463 e. The molecule has 0 spiro atoms. The lowest BCUT2D eigenvalue weighted by atomic mass is 9.99. The second-order valence-corrected chi connectivity index (χ2v) is 9.65. The van der Waals surface area contributed by atoms with Crippen LogP contribution in [0.25, 0.3) is 22.5 Å². The number of furan rings is 1. The van der Waals surface area contributed by atoms with Crippen LogP contribution in [0.5, 0.6) is 0 Å². The van der Waals surface area contributed by atoms with Crippen LogP contribution in [-0.4, -0.2) is 45.2 Å². The van der Waals surface area contributed by atoms with Crippen LogP contribution in [0.1, 0.15) is 61.1 Å². The third-order valence-electron chi connectivity index (χ3n) is 6.69. The van der Waals surface area contributed by atoms with Crippen LogP contribution in [0.4, 0.5) is 4.39 Å². The van der Waals surface area contributed by atoms with Crippen LogP contribution in [0.15, 0.2) is 59.3 Å². The van der Waals surface area contributed by atoms with Crippen LogP contribution in [-0.2, 0) is 0 Å². The average molecular weight is 491 g/mol. The van der Waals surface area contributed by atoms with E-state index in [1.807, 2.05) is 37.7 Å². The van der Waals surface area contributed by atoms with Gasteiger partial charge in [0.1, 0.15) is 11.5 Å². The average Bonchev–Trinajstić information content (AvgIpc) is 3.63. The molecule has 3 aromatic heterocycles. The first-order valence-electron chi connectivity index (χ1n) is 12.3. The molecule has 2 unspecified atom stereocenters. The Morgan fingerprint density at radius 1 is 1.25 bits per heavy atom. The molecule has 0 aliphatic carbocycles. The Morgan fingerprint density at radius 3 is 2.86 bits per heavy atom. The normalized spacial score (nSPS) is 17.8. The van der Waals surface area contributed by atoms with Crippen molar-refractivity contribution in [1.82, 2.24) is 30.5 Å². The van der Waals surface area contributed by atoms with Crippen LogP contribution < -0.4 is 10.9 Å². The topological polar surface area (TPSA) is 88.2 Å². The zero-order valence-corrected chi connectivity index (χ0v) is 20.7. The second-order valence-electron chi connectivity index (χ2n) is 9.65. The van der Waals surface area contributed by atoms with Crippen molar-refractivity contribution in [3.8, 4) is 11.5 Å². The molecular formula is C27H31FN6O2. The van der Waals surface area contributed by atoms with Crippen molar-refractivity contribution >= 4 is 16.9 Å². The molecule has 0 radical (unpaired) electrons. The third-order valence-corrected chi connectivity index (χ3v) is 6.69. The molecule has 0 saturated carbocycles. The number of nitrogens with one attached hydrogen (secondary N) is 2. The van der Waals surface area contributed by atoms with E-state index in [4.69, 9.17) is 9.40 Å². The summed E-state index contributed by atoms with van der Waals surface area (Å²) in [5.41, 5.74) is 9.36. The molecule has 0 bridgehead atoms. The molecule has 36 heavy (non-hydrogen) atoms. The van der Waals surface area contributed by atoms with Gasteiger partial charge in [-0.2, -0.15) is 5.10 Å². The fourth-order valence-corrected chi connectivity index (χ4v) is 4.76. The van der Waals surface area contributed by atoms with Crippen LogP contribution in [0, 0.1) is 5.82 Å². The molecule has 2 atom stereocenters. The van der Waals surface area contributed by atoms with Gasteiger partial charge in [-0.15, -0.1) is 0 Å². The van der Waals surface area contributed by atoms with Gasteiger partial charge in [-0.25, -0.2) is 14.1 Å². The third kappa shape index (κ3) is 4.89. The van der Waals surface area contributed by atoms with E-state index in [9.17, 15) is 9.18 Å². The van der Waals surface area contributed by atoms with E-state index in [0.717, 1.165) is 30.2 Å². The van der Waals surface area contributed by atoms with Gasteiger partial charge in [-0.3, -0.25) is 15.6 Å². The molecular weight excluding hydrogens is 459 g/mol. The molecule has 188 valence electrons. The van der Waals surface area contributed by atoms with Crippen molar-refractivity contribution in [1.29, 1.82) is 0 Å². The minimum atomic E-state index is -0.225. The standard InChI is InChI=1S/C27H31FN6O2/c1-17(2)34-26-22(16-29-34)21(15-24(30-26)25-10-6-12-36-25)27(35)33(3)11-5-9-20-14-23(32-31-20)18-7-4-8-19(28)13-18/h4,6-8,10,12-13,15-17,20,23,31-32H,5,9,11,14H2,1-3H3. The number of fused-ring (bicyclic) bond motifs is 1. The Bertz CT molecular complexity index is 1350. The lowest BCUT2D eigenvalue weighted by Gasteiger charge is -2.19. The maximum absolute atomic E-state index is 13.6. The lowest BCUT2D eigenvalue weighted by Crippen LogP contribution is -2.32. The van der Waals surface area contributed by atoms with Gasteiger partial charge in [0.25, 0.3) is 5.91 Å². The summed E-state index contributed by atoms with van der Waals surface area (Å²) in [6.07, 6.45) is 5.91. The van der Waals surface area contributed by atoms with E-state index in [1.165, 1.54) is 6.07 Å². The van der Waals surface area contributed by atoms with Gasteiger partial charge in [0.05, 0.1) is 23.4 Å². The van der Waals surface area contributed by atoms with E-state index < -0.39 is 0 Å². The highest BCUT2D eigenvalue weighted by molar-refractivity contribution is 6.06. The molecule has 1 saturated heterocycles. The first kappa shape index (κ1) is 24.1. The van der Waals surface area contributed by atoms with Crippen LogP contribution >= 0.6 is 0 Å². The van der Waals surface area contributed by atoms with Crippen molar-refractivity contribution in [2.24, 2.45) is 0 Å². The summed E-state index contributed by atoms with van der Waals surface area (Å²) in [6.45, 7) is 4.68. The fraction of sp³-hybridized carbons (Fsp3) is 0.370. The molecule has 1 fully saturated rings. The van der Waals surface area contributed by atoms with Gasteiger partial charge < -0.3 is 9.32 Å². The van der Waals surface area contributed by atoms with Crippen LogP contribution in [0.2, 0.25) is 0 Å². The number of aromatic nitrogens is 3. The van der Waals surface area contributed by atoms with E-state index >= 15 is 0 Å². The van der Waals surface area contributed by atoms with Crippen molar-refractivity contribution < 1.29 is 13.6 Å². The van der Waals surface area contributed by atoms with Crippen molar-refractivity contribution in [2.45, 2.75) is 51.2 Å². The molecule has 5 rings (SSSR count). The summed E-state index contributed by atoms with van der Waals surface area (Å²) in [6, 6.07) is 12.6. The molecule has 9 heteroatoms. The maximum atomic E-state index is 13.6. The Morgan fingerprint density at radius 2 is 2.11 bits per heavy atom. The first-order chi connectivity index (χ1) is 17.4. The zero-order chi connectivity index (χ0) is 25.2. The number of rotatable bonds is 8. The Hall–Kier alpha value is -3.56. The monoisotopic (exact) mass is 490 g/mol. The number of hydrogen-bond donors (Lipinski definition) is 2. The van der Waals surface area contributed by atoms with Crippen molar-refractivity contribution in [3.63, 3.8) is 0 Å². The van der Waals surface area contributed by atoms with Gasteiger partial charge >= 0.3 is 0 Å². The number of pyridine rings is 1. The summed E-state index contributed by atoms with van der Waals surface area (Å²) in [5.74, 6) is 0.309. The predicted octanol–water partition coefficient (Wildman–Crippen LogP) is 4.87. The molecule has 1 amide bonds. The molecule has 2 N–H and O–H groups in total. The van der Waals surface area contributed by atoms with Crippen LogP contribution in [0.3, 0.4) is 0 Å². The first-order valence-corrected chi connectivity index (χ1v) is 12.3. The quantitative estimate of drug-likeness (QED) is 0.366. The predicted molar refractivity (Wildman–Crippen MR) is 136 cm³/mol. The minimum absolute atomic E-state index is 0.0753. The smallest absolute Gasteiger partial charge is 0.254 e. The highest BCUT2D eigenvalue weighted by atomic mass is 19.1. The second kappa shape index (κ2) is 10.2. The van der Waals surface area contributed by atoms with Gasteiger partial charge in [0.2, 0.25) is 0 Å². The van der Waals surface area contributed by atoms with E-state index in [2.05, 4.69) is 16.0 Å². The minimum Gasteiger partial charge on any atom is -0.463 e. The highest BCUT2D eigenvalue weighted by Gasteiger charge is 2.26. The summed E-state index contributed by atoms with van der Waals surface area (Å²) < 4.78 is 21.0. The number of carbonyl (C=O) groups is 1. The van der Waals surface area contributed by atoms with Gasteiger partial charge in [0, 0.05) is 31.7 Å². The summed E-state index contributed by atoms with van der Waals surface area (Å²) in [4.78, 5) is 20.0. The highest BCUT2D eigenvalue weighted by Crippen LogP contribution is 2.28. The molecule has 1 aromatic carbocycles. The summed E-state index contributed by atoms with van der Waals surface area (Å²) in [7, 11) is 1.82. The zero-order valence-electron chi connectivity index (χ0n) is 20.7. The number of benzene rings is 1. The van der Waals surface area contributed by atoms with Gasteiger partial charge in [-0.05, 0) is 69.0 Å². The summed E-state index contributed by atoms with van der Waals surface area (Å²) >= 11 is 0. The molecule has 1 aliphatic rings.